The third-order valence-electron chi connectivity index (χ3n) is 3.41. The largest absolute Gasteiger partial charge is 0.493 e. The van der Waals surface area contributed by atoms with E-state index in [1.807, 2.05) is 45.9 Å². The second-order valence-electron chi connectivity index (χ2n) is 5.86. The van der Waals surface area contributed by atoms with E-state index in [1.165, 1.54) is 0 Å². The summed E-state index contributed by atoms with van der Waals surface area (Å²) < 4.78 is 11.4. The Kier molecular flexibility index (Phi) is 5.28. The van der Waals surface area contributed by atoms with Gasteiger partial charge in [0.05, 0.1) is 6.61 Å². The molecule has 0 aliphatic carbocycles. The van der Waals surface area contributed by atoms with E-state index in [2.05, 4.69) is 5.32 Å². The first-order valence-corrected chi connectivity index (χ1v) is 7.83. The Balaban J connectivity index is 2.41. The van der Waals surface area contributed by atoms with Crippen molar-refractivity contribution in [3.63, 3.8) is 0 Å². The summed E-state index contributed by atoms with van der Waals surface area (Å²) in [5.41, 5.74) is 1.81. The van der Waals surface area contributed by atoms with Crippen LogP contribution in [-0.2, 0) is 11.2 Å². The number of carbonyl (C=O) groups is 1. The minimum absolute atomic E-state index is 0.0326. The number of nitrogens with one attached hydrogen (secondary N) is 1. The summed E-state index contributed by atoms with van der Waals surface area (Å²) >= 11 is 0. The number of rotatable bonds is 5. The Hall–Kier alpha value is -2.48. The second kappa shape index (κ2) is 7.19. The monoisotopic (exact) mass is 314 g/mol. The zero-order valence-corrected chi connectivity index (χ0v) is 14.0. The number of nitriles is 1. The third kappa shape index (κ3) is 4.04. The van der Waals surface area contributed by atoms with Crippen molar-refractivity contribution in [3.05, 3.63) is 28.8 Å². The lowest BCUT2D eigenvalue weighted by Crippen LogP contribution is -2.30. The Bertz CT molecular complexity index is 672. The quantitative estimate of drug-likeness (QED) is 0.670. The molecule has 1 aromatic carbocycles. The molecule has 0 aromatic heterocycles. The summed E-state index contributed by atoms with van der Waals surface area (Å²) in [5.74, 6) is 1.06. The van der Waals surface area contributed by atoms with E-state index in [9.17, 15) is 10.1 Å². The molecule has 2 rings (SSSR count). The summed E-state index contributed by atoms with van der Waals surface area (Å²) in [5, 5.41) is 12.0. The summed E-state index contributed by atoms with van der Waals surface area (Å²) in [6.07, 6.45) is 2.51. The fourth-order valence-electron chi connectivity index (χ4n) is 2.49. The van der Waals surface area contributed by atoms with E-state index < -0.39 is 0 Å². The van der Waals surface area contributed by atoms with Crippen LogP contribution in [0.5, 0.6) is 11.5 Å². The lowest BCUT2D eigenvalue weighted by Gasteiger charge is -2.11. The molecule has 0 spiro atoms. The van der Waals surface area contributed by atoms with Crippen molar-refractivity contribution in [1.82, 2.24) is 5.32 Å². The van der Waals surface area contributed by atoms with Gasteiger partial charge in [-0.3, -0.25) is 4.79 Å². The van der Waals surface area contributed by atoms with Crippen molar-refractivity contribution < 1.29 is 14.3 Å². The van der Waals surface area contributed by atoms with Crippen LogP contribution in [0.1, 0.15) is 38.8 Å². The molecule has 1 atom stereocenters. The Morgan fingerprint density at radius 2 is 2.30 bits per heavy atom. The topological polar surface area (TPSA) is 71.3 Å². The highest BCUT2D eigenvalue weighted by Gasteiger charge is 2.22. The lowest BCUT2D eigenvalue weighted by atomic mass is 10.0. The Morgan fingerprint density at radius 1 is 1.57 bits per heavy atom. The van der Waals surface area contributed by atoms with Gasteiger partial charge < -0.3 is 14.8 Å². The van der Waals surface area contributed by atoms with E-state index in [-0.39, 0.29) is 23.6 Å². The fraction of sp³-hybridized carbons (Fsp3) is 0.444. The van der Waals surface area contributed by atoms with Gasteiger partial charge in [0.25, 0.3) is 5.91 Å². The minimum atomic E-state index is -0.389. The van der Waals surface area contributed by atoms with E-state index in [4.69, 9.17) is 9.47 Å². The zero-order chi connectivity index (χ0) is 17.0. The highest BCUT2D eigenvalue weighted by atomic mass is 16.5. The minimum Gasteiger partial charge on any atom is -0.493 e. The van der Waals surface area contributed by atoms with Gasteiger partial charge in [0.15, 0.2) is 0 Å². The van der Waals surface area contributed by atoms with Crippen molar-refractivity contribution in [2.45, 2.75) is 46.3 Å². The average molecular weight is 314 g/mol. The molecule has 5 nitrogen and oxygen atoms in total. The van der Waals surface area contributed by atoms with Crippen LogP contribution < -0.4 is 14.8 Å². The van der Waals surface area contributed by atoms with Crippen molar-refractivity contribution in [3.8, 4) is 17.6 Å². The molecule has 1 aromatic rings. The van der Waals surface area contributed by atoms with Crippen molar-refractivity contribution in [2.75, 3.05) is 6.61 Å². The number of fused-ring (bicyclic) bond motifs is 1. The van der Waals surface area contributed by atoms with Crippen LogP contribution in [0.15, 0.2) is 17.7 Å². The van der Waals surface area contributed by atoms with Crippen LogP contribution in [0.2, 0.25) is 0 Å². The molecule has 23 heavy (non-hydrogen) atoms. The Labute approximate surface area is 136 Å². The summed E-state index contributed by atoms with van der Waals surface area (Å²) in [6, 6.07) is 5.69. The van der Waals surface area contributed by atoms with Gasteiger partial charge >= 0.3 is 0 Å². The van der Waals surface area contributed by atoms with Crippen LogP contribution in [0.3, 0.4) is 0 Å². The third-order valence-corrected chi connectivity index (χ3v) is 3.41. The number of hydrogen-bond acceptors (Lipinski definition) is 4. The number of amides is 1. The second-order valence-corrected chi connectivity index (χ2v) is 5.86. The van der Waals surface area contributed by atoms with Gasteiger partial charge in [0.1, 0.15) is 29.2 Å². The zero-order valence-electron chi connectivity index (χ0n) is 14.0. The van der Waals surface area contributed by atoms with E-state index in [0.29, 0.717) is 17.9 Å². The van der Waals surface area contributed by atoms with Gasteiger partial charge in [0.2, 0.25) is 0 Å². The fourth-order valence-corrected chi connectivity index (χ4v) is 2.49. The van der Waals surface area contributed by atoms with Crippen LogP contribution in [-0.4, -0.2) is 24.7 Å². The normalized spacial score (nSPS) is 16.5. The lowest BCUT2D eigenvalue weighted by molar-refractivity contribution is -0.117. The maximum Gasteiger partial charge on any atom is 0.262 e. The maximum atomic E-state index is 12.1. The molecule has 1 amide bonds. The molecule has 1 aliphatic heterocycles. The molecule has 1 heterocycles. The van der Waals surface area contributed by atoms with E-state index in [0.717, 1.165) is 17.7 Å². The van der Waals surface area contributed by atoms with E-state index in [1.54, 1.807) is 6.08 Å². The SMILES string of the molecule is CCOc1cc2c(cc1/C=C(\C#N)C(=O)NC(C)C)OC(C)C2. The number of ether oxygens (including phenoxy) is 2. The maximum absolute atomic E-state index is 12.1. The van der Waals surface area contributed by atoms with Crippen molar-refractivity contribution in [1.29, 1.82) is 5.26 Å². The van der Waals surface area contributed by atoms with Crippen LogP contribution in [0.4, 0.5) is 0 Å². The molecule has 1 aliphatic rings. The Morgan fingerprint density at radius 3 is 2.91 bits per heavy atom. The molecular weight excluding hydrogens is 292 g/mol. The van der Waals surface area contributed by atoms with Crippen LogP contribution in [0, 0.1) is 11.3 Å². The molecule has 1 N–H and O–H groups in total. The highest BCUT2D eigenvalue weighted by Crippen LogP contribution is 2.36. The standard InChI is InChI=1S/C18H22N2O3/c1-5-22-16-8-13-6-12(4)23-17(13)9-14(16)7-15(10-19)18(21)20-11(2)3/h7-9,11-12H,5-6H2,1-4H3,(H,20,21)/b15-7+. The molecule has 0 fully saturated rings. The summed E-state index contributed by atoms with van der Waals surface area (Å²) in [7, 11) is 0. The van der Waals surface area contributed by atoms with E-state index >= 15 is 0 Å². The summed E-state index contributed by atoms with van der Waals surface area (Å²) in [6.45, 7) is 8.12. The molecular formula is C18H22N2O3. The molecule has 1 unspecified atom stereocenters. The molecule has 0 saturated heterocycles. The molecule has 5 heteroatoms. The number of hydrogen-bond donors (Lipinski definition) is 1. The molecule has 0 radical (unpaired) electrons. The smallest absolute Gasteiger partial charge is 0.262 e. The van der Waals surface area contributed by atoms with Gasteiger partial charge in [-0.15, -0.1) is 0 Å². The number of nitrogens with zero attached hydrogens (tertiary/aromatic N) is 1. The number of carbonyl (C=O) groups excluding carboxylic acids is 1. The molecule has 0 bridgehead atoms. The van der Waals surface area contributed by atoms with Gasteiger partial charge in [-0.1, -0.05) is 0 Å². The predicted octanol–water partition coefficient (Wildman–Crippen LogP) is 2.84. The number of benzene rings is 1. The van der Waals surface area contributed by atoms with Gasteiger partial charge in [0, 0.05) is 23.6 Å². The first kappa shape index (κ1) is 16.9. The van der Waals surface area contributed by atoms with Crippen LogP contribution in [0.25, 0.3) is 6.08 Å². The summed E-state index contributed by atoms with van der Waals surface area (Å²) in [4.78, 5) is 12.1. The predicted molar refractivity (Wildman–Crippen MR) is 88.3 cm³/mol. The molecule has 122 valence electrons. The van der Waals surface area contributed by atoms with Gasteiger partial charge in [-0.2, -0.15) is 5.26 Å². The van der Waals surface area contributed by atoms with Gasteiger partial charge in [-0.05, 0) is 45.9 Å². The highest BCUT2D eigenvalue weighted by molar-refractivity contribution is 6.02. The average Bonchev–Trinajstić information content (AvgIpc) is 2.83. The first-order valence-electron chi connectivity index (χ1n) is 7.83. The van der Waals surface area contributed by atoms with Crippen molar-refractivity contribution >= 4 is 12.0 Å². The first-order chi connectivity index (χ1) is 10.9. The van der Waals surface area contributed by atoms with Crippen LogP contribution >= 0.6 is 0 Å². The molecule has 0 saturated carbocycles. The van der Waals surface area contributed by atoms with Gasteiger partial charge in [-0.25, -0.2) is 0 Å². The van der Waals surface area contributed by atoms with Crippen molar-refractivity contribution in [2.24, 2.45) is 0 Å².